The van der Waals surface area contributed by atoms with Crippen LogP contribution in [-0.2, 0) is 75.7 Å². The smallest absolute Gasteiger partial charge is 0.194 e. The highest BCUT2D eigenvalue weighted by atomic mass is 32.2. The van der Waals surface area contributed by atoms with Crippen LogP contribution in [0.1, 0.15) is 66.8 Å². The van der Waals surface area contributed by atoms with E-state index in [-0.39, 0.29) is 0 Å². The fourth-order valence-electron chi connectivity index (χ4n) is 9.37. The Morgan fingerprint density at radius 1 is 0.299 bits per heavy atom. The zero-order valence-corrected chi connectivity index (χ0v) is 44.1. The Balaban J connectivity index is 0.000000300. The summed E-state index contributed by atoms with van der Waals surface area (Å²) in [4.78, 5) is 0.779. The van der Waals surface area contributed by atoms with Gasteiger partial charge in [-0.15, -0.1) is 0 Å². The standard InChI is InChI=1S/C32H12BF24.C28H23OS/c34-25(35,36)13-1-14(26(37,38)39)6-21(5-13)33(22-7-15(27(40,41)42)2-16(8-22)28(43,44)45,23-9-17(29(46,47)48)3-18(10-23)30(49,50)51)24-11-19(31(52,53)54)4-20(12-24)32(55,56)57;29-30(28-14-8-3-9-15-28,21-20-24-10-4-1-5-11-24)23-27-18-16-26(17-19-27)22-25-12-6-2-7-13-25/h1-12H;1-19H,22-23H2/q-1;+1. The van der Waals surface area contributed by atoms with Gasteiger partial charge < -0.3 is 0 Å². The Kier molecular flexibility index (Phi) is 18.5. The number of hydrogen-bond acceptors (Lipinski definition) is 1. The van der Waals surface area contributed by atoms with Crippen LogP contribution in [0.25, 0.3) is 0 Å². The van der Waals surface area contributed by atoms with Crippen molar-refractivity contribution in [3.8, 4) is 11.2 Å². The second kappa shape index (κ2) is 24.2. The normalized spacial score (nSPS) is 13.7. The molecule has 0 heterocycles. The zero-order valence-electron chi connectivity index (χ0n) is 43.3. The predicted molar refractivity (Wildman–Crippen MR) is 276 cm³/mol. The summed E-state index contributed by atoms with van der Waals surface area (Å²) in [5, 5.41) is 3.11. The van der Waals surface area contributed by atoms with Gasteiger partial charge in [0.25, 0.3) is 0 Å². The number of benzene rings is 8. The molecule has 87 heavy (non-hydrogen) atoms. The Bertz CT molecular complexity index is 3390. The summed E-state index contributed by atoms with van der Waals surface area (Å²) in [6, 6.07) is 29.3. The lowest BCUT2D eigenvalue weighted by atomic mass is 9.12. The summed E-state index contributed by atoms with van der Waals surface area (Å²) in [6.07, 6.45) is -53.9. The molecule has 0 aliphatic carbocycles. The van der Waals surface area contributed by atoms with Crippen molar-refractivity contribution in [1.29, 1.82) is 0 Å². The third kappa shape index (κ3) is 16.1. The first kappa shape index (κ1) is 66.4. The van der Waals surface area contributed by atoms with Crippen molar-refractivity contribution in [1.82, 2.24) is 0 Å². The molecule has 0 aliphatic rings. The number of hydrogen-bond donors (Lipinski definition) is 0. The lowest BCUT2D eigenvalue weighted by molar-refractivity contribution is -0.144. The van der Waals surface area contributed by atoms with E-state index in [0.717, 1.165) is 22.4 Å². The van der Waals surface area contributed by atoms with Crippen LogP contribution < -0.4 is 21.9 Å². The van der Waals surface area contributed by atoms with Crippen molar-refractivity contribution in [2.24, 2.45) is 0 Å². The molecule has 0 radical (unpaired) electrons. The van der Waals surface area contributed by atoms with E-state index in [1.807, 2.05) is 66.7 Å². The SMILES string of the molecule is FC(F)(F)c1cc([B-](c2cc(C(F)(F)F)cc(C(F)(F)F)c2)(c2cc(C(F)(F)F)cc(C(F)(F)F)c2)c2cc(C(F)(F)F)cc(C(F)(F)F)c2)cc(C(F)(F)F)c1.O=[S+](C#Cc1ccccc1)(Cc1ccc(Cc2ccccc2)cc1)c1ccccc1. The van der Waals surface area contributed by atoms with E-state index < -0.39 is 205 Å². The van der Waals surface area contributed by atoms with Crippen LogP contribution in [0.15, 0.2) is 193 Å². The predicted octanol–water partition coefficient (Wildman–Crippen LogP) is 17.6. The fraction of sp³-hybridized carbons (Fsp3) is 0.167. The lowest BCUT2D eigenvalue weighted by Gasteiger charge is -2.46. The van der Waals surface area contributed by atoms with Crippen molar-refractivity contribution in [3.63, 3.8) is 0 Å². The largest absolute Gasteiger partial charge is 0.416 e. The average Bonchev–Trinajstić information content (AvgIpc) is 0.836. The highest BCUT2D eigenvalue weighted by molar-refractivity contribution is 8.06. The van der Waals surface area contributed by atoms with Crippen molar-refractivity contribution in [2.45, 2.75) is 66.5 Å². The Morgan fingerprint density at radius 2 is 0.540 bits per heavy atom. The minimum Gasteiger partial charge on any atom is -0.194 e. The summed E-state index contributed by atoms with van der Waals surface area (Å²) >= 11 is 0. The van der Waals surface area contributed by atoms with E-state index >= 15 is 0 Å². The minimum atomic E-state index is -6.13. The third-order valence-corrected chi connectivity index (χ3v) is 15.5. The number of alkyl halides is 24. The van der Waals surface area contributed by atoms with Crippen molar-refractivity contribution >= 4 is 37.9 Å². The van der Waals surface area contributed by atoms with Gasteiger partial charge in [-0.3, -0.25) is 0 Å². The molecule has 8 aromatic rings. The summed E-state index contributed by atoms with van der Waals surface area (Å²) < 4.78 is 355. The maximum absolute atomic E-state index is 14.2. The first-order valence-corrected chi connectivity index (χ1v) is 26.3. The summed E-state index contributed by atoms with van der Waals surface area (Å²) in [6.45, 7) is 0. The van der Waals surface area contributed by atoms with Crippen LogP contribution in [0.2, 0.25) is 0 Å². The monoisotopic (exact) mass is 1270 g/mol. The van der Waals surface area contributed by atoms with Gasteiger partial charge in [0.15, 0.2) is 25.8 Å². The van der Waals surface area contributed by atoms with Gasteiger partial charge in [0.2, 0.25) is 0 Å². The van der Waals surface area contributed by atoms with Gasteiger partial charge in [-0.05, 0) is 72.0 Å². The molecule has 0 bridgehead atoms. The number of rotatable bonds is 9. The molecule has 0 aliphatic heterocycles. The second-order valence-corrected chi connectivity index (χ2v) is 21.7. The summed E-state index contributed by atoms with van der Waals surface area (Å²) in [5.74, 6) is 3.53. The lowest BCUT2D eigenvalue weighted by Crippen LogP contribution is -2.75. The van der Waals surface area contributed by atoms with Gasteiger partial charge in [0, 0.05) is 11.1 Å². The van der Waals surface area contributed by atoms with Crippen LogP contribution in [0.5, 0.6) is 0 Å². The van der Waals surface area contributed by atoms with Crippen LogP contribution >= 0.6 is 0 Å². The van der Waals surface area contributed by atoms with Gasteiger partial charge in [0.05, 0.1) is 44.5 Å². The third-order valence-electron chi connectivity index (χ3n) is 13.3. The highest BCUT2D eigenvalue weighted by Gasteiger charge is 2.47. The molecule has 1 unspecified atom stereocenters. The molecule has 0 saturated carbocycles. The molecule has 0 aromatic heterocycles. The molecular formula is C60H35BF24OS. The Hall–Kier alpha value is -8.15. The van der Waals surface area contributed by atoms with E-state index in [0.29, 0.717) is 5.75 Å². The van der Waals surface area contributed by atoms with E-state index in [9.17, 15) is 110 Å². The molecule has 458 valence electrons. The first-order chi connectivity index (χ1) is 40.0. The number of halogens is 24. The molecule has 1 atom stereocenters. The summed E-state index contributed by atoms with van der Waals surface area (Å²) in [7, 11) is -2.55. The molecule has 8 aromatic carbocycles. The minimum absolute atomic E-state index is 0.405. The van der Waals surface area contributed by atoms with Crippen molar-refractivity contribution in [3.05, 3.63) is 255 Å². The fourth-order valence-corrected chi connectivity index (χ4v) is 11.3. The van der Waals surface area contributed by atoms with Gasteiger partial charge in [-0.2, -0.15) is 127 Å². The maximum Gasteiger partial charge on any atom is 0.416 e. The molecule has 0 N–H and O–H groups in total. The highest BCUT2D eigenvalue weighted by Crippen LogP contribution is 2.42. The van der Waals surface area contributed by atoms with E-state index in [1.165, 1.54) is 11.1 Å². The zero-order chi connectivity index (χ0) is 64.6. The van der Waals surface area contributed by atoms with Gasteiger partial charge >= 0.3 is 49.4 Å². The molecule has 0 fully saturated rings. The van der Waals surface area contributed by atoms with E-state index in [4.69, 9.17) is 0 Å². The Morgan fingerprint density at radius 3 is 0.816 bits per heavy atom. The molecule has 8 rings (SSSR count). The van der Waals surface area contributed by atoms with Crippen LogP contribution in [-0.4, -0.2) is 6.15 Å². The molecule has 27 heteroatoms. The second-order valence-electron chi connectivity index (χ2n) is 19.4. The quantitative estimate of drug-likeness (QED) is 0.0609. The van der Waals surface area contributed by atoms with Crippen LogP contribution in [0.3, 0.4) is 0 Å². The molecule has 0 amide bonds. The molecule has 0 spiro atoms. The maximum atomic E-state index is 14.2. The Labute approximate surface area is 478 Å². The van der Waals surface area contributed by atoms with Crippen LogP contribution in [0.4, 0.5) is 105 Å². The topological polar surface area (TPSA) is 17.1 Å². The van der Waals surface area contributed by atoms with Gasteiger partial charge in [-0.1, -0.05) is 144 Å². The first-order valence-electron chi connectivity index (χ1n) is 24.6. The molecular weight excluding hydrogens is 1240 g/mol. The van der Waals surface area contributed by atoms with Crippen molar-refractivity contribution < 1.29 is 110 Å². The van der Waals surface area contributed by atoms with E-state index in [1.54, 1.807) is 0 Å². The van der Waals surface area contributed by atoms with Crippen molar-refractivity contribution in [2.75, 3.05) is 0 Å². The van der Waals surface area contributed by atoms with Gasteiger partial charge in [-0.25, -0.2) is 0 Å². The molecule has 1 nitrogen and oxygen atoms in total. The van der Waals surface area contributed by atoms with E-state index in [2.05, 4.69) is 59.7 Å². The summed E-state index contributed by atoms with van der Waals surface area (Å²) in [5.41, 5.74) is -25.8. The van der Waals surface area contributed by atoms with Gasteiger partial charge in [0.1, 0.15) is 6.15 Å². The molecule has 0 saturated heterocycles. The van der Waals surface area contributed by atoms with Crippen LogP contribution in [0, 0.1) is 11.2 Å². The average molecular weight is 1270 g/mol.